The summed E-state index contributed by atoms with van der Waals surface area (Å²) in [5.74, 6) is 0.624. The molecule has 2 fully saturated rings. The van der Waals surface area contributed by atoms with Gasteiger partial charge in [0.2, 0.25) is 5.95 Å². The van der Waals surface area contributed by atoms with Gasteiger partial charge in [0.15, 0.2) is 17.0 Å². The van der Waals surface area contributed by atoms with Gasteiger partial charge in [-0.25, -0.2) is 9.97 Å². The molecular weight excluding hydrogens is 407 g/mol. The predicted octanol–water partition coefficient (Wildman–Crippen LogP) is 2.10. The Morgan fingerprint density at radius 1 is 1.21 bits per heavy atom. The fraction of sp³-hybridized carbons (Fsp3) is 0.412. The van der Waals surface area contributed by atoms with Crippen LogP contribution in [0, 0.1) is 0 Å². The summed E-state index contributed by atoms with van der Waals surface area (Å²) in [5.41, 5.74) is -0.293. The average Bonchev–Trinajstić information content (AvgIpc) is 3.09. The Labute approximate surface area is 167 Å². The van der Waals surface area contributed by atoms with E-state index in [1.807, 2.05) is 4.90 Å². The standard InChI is InChI=1S/C17H16F3N7OS/c18-17(19,20)12-10(2-1-3-22-12)29-11-6-23-13-14(24-11)26-15(25-13)27-8-16(9-27)7-21-4-5-28-16/h1-3,6,21H,4-5,7-9H2,(H,23,24,25,26). The SMILES string of the molecule is FC(F)(F)c1ncccc1Sc1cnc2nc(N3CC4(CNCCO4)C3)[nH]c2n1. The number of aromatic nitrogens is 5. The molecule has 3 aromatic heterocycles. The second kappa shape index (κ2) is 6.82. The van der Waals surface area contributed by atoms with Crippen LogP contribution >= 0.6 is 11.8 Å². The summed E-state index contributed by atoms with van der Waals surface area (Å²) >= 11 is 0.865. The topological polar surface area (TPSA) is 91.9 Å². The maximum absolute atomic E-state index is 13.1. The van der Waals surface area contributed by atoms with Crippen LogP contribution in [0.25, 0.3) is 11.3 Å². The number of ether oxygens (including phenoxy) is 1. The van der Waals surface area contributed by atoms with Gasteiger partial charge in [-0.05, 0) is 12.1 Å². The number of nitrogens with zero attached hydrogens (tertiary/aromatic N) is 5. The Morgan fingerprint density at radius 2 is 2.07 bits per heavy atom. The molecule has 29 heavy (non-hydrogen) atoms. The zero-order valence-corrected chi connectivity index (χ0v) is 15.8. The first-order valence-corrected chi connectivity index (χ1v) is 9.76. The first kappa shape index (κ1) is 18.6. The van der Waals surface area contributed by atoms with Crippen LogP contribution in [0.1, 0.15) is 5.69 Å². The monoisotopic (exact) mass is 423 g/mol. The molecule has 5 rings (SSSR count). The van der Waals surface area contributed by atoms with Crippen molar-refractivity contribution in [2.24, 2.45) is 0 Å². The number of hydrogen-bond acceptors (Lipinski definition) is 8. The van der Waals surface area contributed by atoms with Crippen LogP contribution in [0.2, 0.25) is 0 Å². The second-order valence-corrected chi connectivity index (χ2v) is 8.02. The highest BCUT2D eigenvalue weighted by molar-refractivity contribution is 7.99. The molecule has 8 nitrogen and oxygen atoms in total. The normalized spacial score (nSPS) is 18.9. The number of nitrogens with one attached hydrogen (secondary N) is 2. The summed E-state index contributed by atoms with van der Waals surface area (Å²) in [6.45, 7) is 3.74. The van der Waals surface area contributed by atoms with Gasteiger partial charge in [0.25, 0.3) is 0 Å². The van der Waals surface area contributed by atoms with Gasteiger partial charge in [0.05, 0.1) is 25.9 Å². The number of pyridine rings is 1. The van der Waals surface area contributed by atoms with E-state index in [4.69, 9.17) is 4.74 Å². The maximum atomic E-state index is 13.1. The van der Waals surface area contributed by atoms with Gasteiger partial charge in [-0.1, -0.05) is 11.8 Å². The molecule has 0 saturated carbocycles. The number of hydrogen-bond donors (Lipinski definition) is 2. The van der Waals surface area contributed by atoms with Gasteiger partial charge in [-0.15, -0.1) is 0 Å². The molecule has 2 saturated heterocycles. The number of imidazole rings is 1. The largest absolute Gasteiger partial charge is 0.434 e. The molecule has 0 aliphatic carbocycles. The summed E-state index contributed by atoms with van der Waals surface area (Å²) in [4.78, 5) is 21.6. The summed E-state index contributed by atoms with van der Waals surface area (Å²) in [6, 6.07) is 2.82. The average molecular weight is 423 g/mol. The van der Waals surface area contributed by atoms with Crippen LogP contribution in [-0.2, 0) is 10.9 Å². The third-order valence-corrected chi connectivity index (χ3v) is 5.77. The molecule has 152 valence electrons. The van der Waals surface area contributed by atoms with E-state index in [9.17, 15) is 13.2 Å². The third kappa shape index (κ3) is 3.51. The first-order chi connectivity index (χ1) is 13.9. The summed E-state index contributed by atoms with van der Waals surface area (Å²) in [6.07, 6.45) is -2.00. The molecule has 0 bridgehead atoms. The van der Waals surface area contributed by atoms with E-state index in [-0.39, 0.29) is 10.5 Å². The molecule has 2 N–H and O–H groups in total. The highest BCUT2D eigenvalue weighted by Gasteiger charge is 2.46. The fourth-order valence-corrected chi connectivity index (χ4v) is 4.35. The maximum Gasteiger partial charge on any atom is 0.434 e. The predicted molar refractivity (Wildman–Crippen MR) is 98.8 cm³/mol. The molecular formula is C17H16F3N7OS. The summed E-state index contributed by atoms with van der Waals surface area (Å²) < 4.78 is 45.3. The lowest BCUT2D eigenvalue weighted by Gasteiger charge is -2.51. The van der Waals surface area contributed by atoms with Gasteiger partial charge >= 0.3 is 6.18 Å². The molecule has 0 amide bonds. The minimum Gasteiger partial charge on any atom is -0.369 e. The highest BCUT2D eigenvalue weighted by Crippen LogP contribution is 2.37. The minimum atomic E-state index is -4.54. The van der Waals surface area contributed by atoms with Crippen molar-refractivity contribution in [1.82, 2.24) is 30.2 Å². The van der Waals surface area contributed by atoms with Crippen LogP contribution in [0.4, 0.5) is 19.1 Å². The summed E-state index contributed by atoms with van der Waals surface area (Å²) in [5, 5.41) is 3.65. The van der Waals surface area contributed by atoms with E-state index in [2.05, 4.69) is 30.2 Å². The van der Waals surface area contributed by atoms with Crippen molar-refractivity contribution in [2.75, 3.05) is 37.7 Å². The number of H-pyrrole nitrogens is 1. The Bertz CT molecular complexity index is 1040. The van der Waals surface area contributed by atoms with Gasteiger partial charge in [0, 0.05) is 24.2 Å². The van der Waals surface area contributed by atoms with Crippen LogP contribution in [0.5, 0.6) is 0 Å². The van der Waals surface area contributed by atoms with Gasteiger partial charge in [0.1, 0.15) is 10.6 Å². The van der Waals surface area contributed by atoms with Crippen LogP contribution < -0.4 is 10.2 Å². The van der Waals surface area contributed by atoms with Crippen molar-refractivity contribution >= 4 is 29.0 Å². The molecule has 2 aliphatic rings. The number of alkyl halides is 3. The molecule has 3 aromatic rings. The second-order valence-electron chi connectivity index (χ2n) is 6.96. The van der Waals surface area contributed by atoms with Crippen LogP contribution in [0.3, 0.4) is 0 Å². The fourth-order valence-electron chi connectivity index (χ4n) is 3.47. The van der Waals surface area contributed by atoms with E-state index in [0.717, 1.165) is 31.0 Å². The lowest BCUT2D eigenvalue weighted by Crippen LogP contribution is -2.70. The van der Waals surface area contributed by atoms with E-state index < -0.39 is 11.9 Å². The van der Waals surface area contributed by atoms with Crippen molar-refractivity contribution in [1.29, 1.82) is 0 Å². The number of halogens is 3. The number of rotatable bonds is 3. The molecule has 0 radical (unpaired) electrons. The lowest BCUT2D eigenvalue weighted by atomic mass is 9.93. The molecule has 1 spiro atoms. The van der Waals surface area contributed by atoms with Crippen molar-refractivity contribution in [3.63, 3.8) is 0 Å². The smallest absolute Gasteiger partial charge is 0.369 e. The highest BCUT2D eigenvalue weighted by atomic mass is 32.2. The van der Waals surface area contributed by atoms with E-state index in [1.165, 1.54) is 18.3 Å². The Kier molecular flexibility index (Phi) is 4.37. The van der Waals surface area contributed by atoms with E-state index >= 15 is 0 Å². The van der Waals surface area contributed by atoms with Gasteiger partial charge < -0.3 is 19.9 Å². The van der Waals surface area contributed by atoms with Crippen molar-refractivity contribution in [3.05, 3.63) is 30.2 Å². The zero-order chi connectivity index (χ0) is 20.1. The minimum absolute atomic E-state index is 0.0278. The van der Waals surface area contributed by atoms with Crippen molar-refractivity contribution < 1.29 is 17.9 Å². The number of anilines is 1. The lowest BCUT2D eigenvalue weighted by molar-refractivity contribution is -0.143. The molecule has 0 unspecified atom stereocenters. The Morgan fingerprint density at radius 3 is 2.83 bits per heavy atom. The number of aromatic amines is 1. The van der Waals surface area contributed by atoms with Crippen molar-refractivity contribution in [2.45, 2.75) is 21.7 Å². The molecule has 2 aliphatic heterocycles. The number of morpholine rings is 1. The van der Waals surface area contributed by atoms with Crippen LogP contribution in [0.15, 0.2) is 34.4 Å². The zero-order valence-electron chi connectivity index (χ0n) is 15.0. The Balaban J connectivity index is 1.36. The van der Waals surface area contributed by atoms with E-state index in [1.54, 1.807) is 0 Å². The molecule has 0 atom stereocenters. The van der Waals surface area contributed by atoms with Gasteiger partial charge in [-0.3, -0.25) is 4.98 Å². The Hall–Kier alpha value is -2.44. The first-order valence-electron chi connectivity index (χ1n) is 8.94. The van der Waals surface area contributed by atoms with E-state index in [0.29, 0.717) is 42.0 Å². The van der Waals surface area contributed by atoms with Gasteiger partial charge in [-0.2, -0.15) is 18.2 Å². The van der Waals surface area contributed by atoms with Crippen LogP contribution in [-0.4, -0.2) is 63.3 Å². The molecule has 12 heteroatoms. The third-order valence-electron chi connectivity index (χ3n) is 4.82. The molecule has 0 aromatic carbocycles. The molecule has 5 heterocycles. The van der Waals surface area contributed by atoms with Crippen molar-refractivity contribution in [3.8, 4) is 0 Å². The summed E-state index contributed by atoms with van der Waals surface area (Å²) in [7, 11) is 0. The quantitative estimate of drug-likeness (QED) is 0.662. The number of fused-ring (bicyclic) bond motifs is 1.